The summed E-state index contributed by atoms with van der Waals surface area (Å²) in [6, 6.07) is 21.2. The first-order valence-electron chi connectivity index (χ1n) is 10.6. The Morgan fingerprint density at radius 2 is 1.80 bits per heavy atom. The standard InChI is InChI=1S/C25H27N3O2/c1-2-30-25(29)10-6-4-8-22-16-17-27(26-22)19-20-11-13-23(14-12-20)28-18-15-21-7-3-5-9-24(21)28/h3,5,7,9,11-18H,2,4,6,8,10,19H2,1H3. The van der Waals surface area contributed by atoms with Crippen molar-refractivity contribution >= 4 is 16.9 Å². The molecular formula is C25H27N3O2. The van der Waals surface area contributed by atoms with E-state index in [2.05, 4.69) is 76.5 Å². The van der Waals surface area contributed by atoms with Crippen molar-refractivity contribution in [3.63, 3.8) is 0 Å². The first kappa shape index (κ1) is 20.0. The Balaban J connectivity index is 1.32. The van der Waals surface area contributed by atoms with Gasteiger partial charge >= 0.3 is 5.97 Å². The minimum absolute atomic E-state index is 0.112. The van der Waals surface area contributed by atoms with Crippen molar-refractivity contribution in [2.45, 2.75) is 39.2 Å². The molecule has 2 aromatic heterocycles. The number of nitrogens with zero attached hydrogens (tertiary/aromatic N) is 3. The molecule has 0 atom stereocenters. The number of unbranched alkanes of at least 4 members (excludes halogenated alkanes) is 1. The van der Waals surface area contributed by atoms with Crippen LogP contribution >= 0.6 is 0 Å². The fourth-order valence-corrected chi connectivity index (χ4v) is 3.69. The van der Waals surface area contributed by atoms with E-state index in [-0.39, 0.29) is 5.97 Å². The average Bonchev–Trinajstić information content (AvgIpc) is 3.39. The maximum Gasteiger partial charge on any atom is 0.305 e. The predicted molar refractivity (Wildman–Crippen MR) is 119 cm³/mol. The second-order valence-corrected chi connectivity index (χ2v) is 7.43. The molecule has 0 amide bonds. The van der Waals surface area contributed by atoms with Crippen molar-refractivity contribution in [3.8, 4) is 5.69 Å². The zero-order valence-electron chi connectivity index (χ0n) is 17.3. The molecule has 2 heterocycles. The summed E-state index contributed by atoms with van der Waals surface area (Å²) in [6.45, 7) is 3.03. The molecule has 0 aliphatic heterocycles. The van der Waals surface area contributed by atoms with Gasteiger partial charge in [-0.1, -0.05) is 30.3 Å². The van der Waals surface area contributed by atoms with E-state index in [0.29, 0.717) is 13.0 Å². The first-order valence-corrected chi connectivity index (χ1v) is 10.6. The van der Waals surface area contributed by atoms with Crippen LogP contribution in [0.2, 0.25) is 0 Å². The third-order valence-electron chi connectivity index (χ3n) is 5.22. The summed E-state index contributed by atoms with van der Waals surface area (Å²) in [5.74, 6) is -0.112. The van der Waals surface area contributed by atoms with Crippen molar-refractivity contribution in [3.05, 3.63) is 84.3 Å². The second-order valence-electron chi connectivity index (χ2n) is 7.43. The van der Waals surface area contributed by atoms with Gasteiger partial charge in [0.25, 0.3) is 0 Å². The number of ether oxygens (including phenoxy) is 1. The number of fused-ring (bicyclic) bond motifs is 1. The van der Waals surface area contributed by atoms with Gasteiger partial charge in [-0.15, -0.1) is 0 Å². The van der Waals surface area contributed by atoms with Gasteiger partial charge in [0, 0.05) is 24.5 Å². The van der Waals surface area contributed by atoms with Gasteiger partial charge in [0.15, 0.2) is 0 Å². The van der Waals surface area contributed by atoms with E-state index in [1.54, 1.807) is 0 Å². The number of carbonyl (C=O) groups excluding carboxylic acids is 1. The van der Waals surface area contributed by atoms with Crippen LogP contribution in [0, 0.1) is 0 Å². The molecule has 0 saturated carbocycles. The first-order chi connectivity index (χ1) is 14.7. The topological polar surface area (TPSA) is 49.0 Å². The molecule has 0 fully saturated rings. The number of benzene rings is 2. The van der Waals surface area contributed by atoms with Crippen LogP contribution in [0.15, 0.2) is 73.1 Å². The average molecular weight is 402 g/mol. The monoisotopic (exact) mass is 401 g/mol. The van der Waals surface area contributed by atoms with Gasteiger partial charge in [-0.3, -0.25) is 9.48 Å². The molecule has 0 aliphatic carbocycles. The molecule has 0 bridgehead atoms. The van der Waals surface area contributed by atoms with Crippen LogP contribution in [0.3, 0.4) is 0 Å². The summed E-state index contributed by atoms with van der Waals surface area (Å²) in [4.78, 5) is 11.4. The van der Waals surface area contributed by atoms with E-state index in [0.717, 1.165) is 37.2 Å². The van der Waals surface area contributed by atoms with Gasteiger partial charge in [0.05, 0.1) is 24.4 Å². The quantitative estimate of drug-likeness (QED) is 0.288. The molecule has 5 nitrogen and oxygen atoms in total. The maximum absolute atomic E-state index is 11.4. The molecule has 2 aromatic carbocycles. The molecule has 0 aliphatic rings. The number of aryl methyl sites for hydroxylation is 1. The SMILES string of the molecule is CCOC(=O)CCCCc1ccn(Cc2ccc(-n3ccc4ccccc43)cc2)n1. The normalized spacial score (nSPS) is 11.1. The lowest BCUT2D eigenvalue weighted by atomic mass is 10.1. The van der Waals surface area contributed by atoms with E-state index in [9.17, 15) is 4.79 Å². The smallest absolute Gasteiger partial charge is 0.305 e. The van der Waals surface area contributed by atoms with E-state index in [1.165, 1.54) is 16.5 Å². The van der Waals surface area contributed by atoms with E-state index < -0.39 is 0 Å². The molecule has 4 rings (SSSR count). The Morgan fingerprint density at radius 1 is 0.967 bits per heavy atom. The van der Waals surface area contributed by atoms with E-state index in [1.807, 2.05) is 17.8 Å². The summed E-state index contributed by atoms with van der Waals surface area (Å²) >= 11 is 0. The molecule has 0 N–H and O–H groups in total. The van der Waals surface area contributed by atoms with Crippen LogP contribution in [0.1, 0.15) is 37.4 Å². The highest BCUT2D eigenvalue weighted by Crippen LogP contribution is 2.20. The highest BCUT2D eigenvalue weighted by atomic mass is 16.5. The molecule has 30 heavy (non-hydrogen) atoms. The number of rotatable bonds is 9. The molecular weight excluding hydrogens is 374 g/mol. The number of hydrogen-bond donors (Lipinski definition) is 0. The Kier molecular flexibility index (Phi) is 6.28. The number of para-hydroxylation sites is 1. The fraction of sp³-hybridized carbons (Fsp3) is 0.280. The number of aromatic nitrogens is 3. The molecule has 4 aromatic rings. The third kappa shape index (κ3) is 4.79. The van der Waals surface area contributed by atoms with Crippen molar-refractivity contribution in [2.75, 3.05) is 6.61 Å². The molecule has 0 saturated heterocycles. The molecule has 0 unspecified atom stereocenters. The minimum Gasteiger partial charge on any atom is -0.466 e. The van der Waals surface area contributed by atoms with Crippen molar-refractivity contribution in [2.24, 2.45) is 0 Å². The third-order valence-corrected chi connectivity index (χ3v) is 5.22. The Bertz CT molecular complexity index is 1110. The fourth-order valence-electron chi connectivity index (χ4n) is 3.69. The zero-order chi connectivity index (χ0) is 20.8. The van der Waals surface area contributed by atoms with Gasteiger partial charge in [0.2, 0.25) is 0 Å². The van der Waals surface area contributed by atoms with Gasteiger partial charge < -0.3 is 9.30 Å². The Hall–Kier alpha value is -3.34. The lowest BCUT2D eigenvalue weighted by molar-refractivity contribution is -0.143. The summed E-state index contributed by atoms with van der Waals surface area (Å²) in [7, 11) is 0. The Labute approximate surface area is 176 Å². The highest BCUT2D eigenvalue weighted by Gasteiger charge is 2.05. The summed E-state index contributed by atoms with van der Waals surface area (Å²) in [6.07, 6.45) is 7.27. The summed E-state index contributed by atoms with van der Waals surface area (Å²) in [5.41, 5.74) is 4.65. The maximum atomic E-state index is 11.4. The zero-order valence-corrected chi connectivity index (χ0v) is 17.3. The van der Waals surface area contributed by atoms with Crippen LogP contribution in [-0.4, -0.2) is 26.9 Å². The summed E-state index contributed by atoms with van der Waals surface area (Å²) < 4.78 is 9.14. The van der Waals surface area contributed by atoms with E-state index in [4.69, 9.17) is 4.74 Å². The number of esters is 1. The van der Waals surface area contributed by atoms with Gasteiger partial charge in [-0.2, -0.15) is 5.10 Å². The molecule has 0 spiro atoms. The van der Waals surface area contributed by atoms with Gasteiger partial charge in [-0.05, 0) is 67.5 Å². The van der Waals surface area contributed by atoms with Crippen LogP contribution < -0.4 is 0 Å². The lowest BCUT2D eigenvalue weighted by Gasteiger charge is -2.07. The summed E-state index contributed by atoms with van der Waals surface area (Å²) in [5, 5.41) is 5.91. The highest BCUT2D eigenvalue weighted by molar-refractivity contribution is 5.81. The number of carbonyl (C=O) groups is 1. The second kappa shape index (κ2) is 9.44. The van der Waals surface area contributed by atoms with Gasteiger partial charge in [0.1, 0.15) is 0 Å². The molecule has 0 radical (unpaired) electrons. The van der Waals surface area contributed by atoms with Crippen LogP contribution in [0.4, 0.5) is 0 Å². The lowest BCUT2D eigenvalue weighted by Crippen LogP contribution is -2.04. The molecule has 5 heteroatoms. The largest absolute Gasteiger partial charge is 0.466 e. The van der Waals surface area contributed by atoms with Crippen molar-refractivity contribution in [1.29, 1.82) is 0 Å². The van der Waals surface area contributed by atoms with Crippen LogP contribution in [0.25, 0.3) is 16.6 Å². The number of hydrogen-bond acceptors (Lipinski definition) is 3. The van der Waals surface area contributed by atoms with Crippen molar-refractivity contribution < 1.29 is 9.53 Å². The van der Waals surface area contributed by atoms with Crippen molar-refractivity contribution in [1.82, 2.24) is 14.3 Å². The Morgan fingerprint density at radius 3 is 2.63 bits per heavy atom. The van der Waals surface area contributed by atoms with Crippen LogP contribution in [0.5, 0.6) is 0 Å². The van der Waals surface area contributed by atoms with Gasteiger partial charge in [-0.25, -0.2) is 0 Å². The van der Waals surface area contributed by atoms with Crippen LogP contribution in [-0.2, 0) is 22.5 Å². The van der Waals surface area contributed by atoms with E-state index >= 15 is 0 Å². The molecule has 154 valence electrons. The minimum atomic E-state index is -0.112. The predicted octanol–water partition coefficient (Wildman–Crippen LogP) is 5.15.